The third-order valence-electron chi connectivity index (χ3n) is 6.55. The van der Waals surface area contributed by atoms with Gasteiger partial charge in [-0.25, -0.2) is 9.79 Å². The molecule has 1 amide bonds. The SMILES string of the molecule is CCC1=C(C(=O)OC)C(c2ccc(OC)cc2OC)N2C(CC(=O)N3CCN(C)CC3)=CSC2=N1. The Hall–Kier alpha value is -2.98. The normalized spacial score (nSPS) is 20.3. The quantitative estimate of drug-likeness (QED) is 0.529. The van der Waals surface area contributed by atoms with Gasteiger partial charge in [-0.3, -0.25) is 4.79 Å². The van der Waals surface area contributed by atoms with Crippen LogP contribution in [0.4, 0.5) is 0 Å². The molecule has 3 aliphatic heterocycles. The van der Waals surface area contributed by atoms with Crippen molar-refractivity contribution in [2.24, 2.45) is 4.99 Å². The molecular formula is C25H32N4O5S. The van der Waals surface area contributed by atoms with Gasteiger partial charge < -0.3 is 28.9 Å². The van der Waals surface area contributed by atoms with Crippen LogP contribution in [-0.2, 0) is 14.3 Å². The Morgan fingerprint density at radius 3 is 2.49 bits per heavy atom. The number of benzene rings is 1. The Kier molecular flexibility index (Phi) is 7.71. The van der Waals surface area contributed by atoms with Crippen molar-refractivity contribution < 1.29 is 23.8 Å². The van der Waals surface area contributed by atoms with Crippen molar-refractivity contribution in [1.29, 1.82) is 0 Å². The van der Waals surface area contributed by atoms with Gasteiger partial charge in [0.25, 0.3) is 0 Å². The monoisotopic (exact) mass is 500 g/mol. The maximum atomic E-state index is 13.2. The second kappa shape index (κ2) is 10.7. The number of piperazine rings is 1. The first kappa shape index (κ1) is 25.1. The van der Waals surface area contributed by atoms with Crippen molar-refractivity contribution in [2.45, 2.75) is 25.8 Å². The summed E-state index contributed by atoms with van der Waals surface area (Å²) in [5.41, 5.74) is 2.69. The molecule has 0 bridgehead atoms. The summed E-state index contributed by atoms with van der Waals surface area (Å²) in [6, 6.07) is 4.98. The van der Waals surface area contributed by atoms with Crippen LogP contribution in [-0.4, -0.2) is 86.3 Å². The third kappa shape index (κ3) is 4.90. The van der Waals surface area contributed by atoms with Gasteiger partial charge in [0.15, 0.2) is 5.17 Å². The topological polar surface area (TPSA) is 83.9 Å². The summed E-state index contributed by atoms with van der Waals surface area (Å²) in [4.78, 5) is 37.2. The zero-order valence-electron chi connectivity index (χ0n) is 20.9. The number of nitrogens with zero attached hydrogens (tertiary/aromatic N) is 4. The summed E-state index contributed by atoms with van der Waals surface area (Å²) in [6.07, 6.45) is 0.785. The average molecular weight is 501 g/mol. The van der Waals surface area contributed by atoms with Crippen molar-refractivity contribution in [1.82, 2.24) is 14.7 Å². The molecule has 1 unspecified atom stereocenters. The zero-order valence-corrected chi connectivity index (χ0v) is 21.7. The number of amidine groups is 1. The number of thioether (sulfide) groups is 1. The highest BCUT2D eigenvalue weighted by Crippen LogP contribution is 2.48. The van der Waals surface area contributed by atoms with E-state index in [0.29, 0.717) is 42.3 Å². The Balaban J connectivity index is 1.75. The number of hydrogen-bond donors (Lipinski definition) is 0. The standard InChI is InChI=1S/C25H32N4O5S/c1-6-19-22(24(31)34-5)23(18-8-7-17(32-3)14-20(18)33-4)29-16(15-35-25(29)26-19)13-21(30)28-11-9-27(2)10-12-28/h7-8,14-15,23H,6,9-13H2,1-5H3. The Morgan fingerprint density at radius 2 is 1.86 bits per heavy atom. The lowest BCUT2D eigenvalue weighted by Gasteiger charge is -2.38. The highest BCUT2D eigenvalue weighted by Gasteiger charge is 2.43. The van der Waals surface area contributed by atoms with Gasteiger partial charge in [-0.1, -0.05) is 18.7 Å². The first-order valence-electron chi connectivity index (χ1n) is 11.6. The lowest BCUT2D eigenvalue weighted by Crippen LogP contribution is -2.47. The van der Waals surface area contributed by atoms with E-state index in [4.69, 9.17) is 19.2 Å². The van der Waals surface area contributed by atoms with Crippen molar-refractivity contribution in [3.63, 3.8) is 0 Å². The van der Waals surface area contributed by atoms with Crippen LogP contribution < -0.4 is 9.47 Å². The molecule has 0 saturated carbocycles. The first-order valence-corrected chi connectivity index (χ1v) is 12.5. The molecule has 1 aromatic carbocycles. The predicted octanol–water partition coefficient (Wildman–Crippen LogP) is 3.01. The Bertz CT molecular complexity index is 1090. The van der Waals surface area contributed by atoms with E-state index in [1.807, 2.05) is 34.3 Å². The fraction of sp³-hybridized carbons (Fsp3) is 0.480. The molecule has 0 spiro atoms. The summed E-state index contributed by atoms with van der Waals surface area (Å²) >= 11 is 1.47. The predicted molar refractivity (Wildman–Crippen MR) is 135 cm³/mol. The zero-order chi connectivity index (χ0) is 25.1. The molecule has 9 nitrogen and oxygen atoms in total. The van der Waals surface area contributed by atoms with E-state index in [0.717, 1.165) is 29.5 Å². The number of methoxy groups -OCH3 is 3. The fourth-order valence-corrected chi connectivity index (χ4v) is 5.51. The van der Waals surface area contributed by atoms with Crippen LogP contribution in [0.1, 0.15) is 31.4 Å². The minimum absolute atomic E-state index is 0.0662. The number of carbonyl (C=O) groups is 2. The number of hydrogen-bond acceptors (Lipinski definition) is 9. The molecule has 1 saturated heterocycles. The van der Waals surface area contributed by atoms with Gasteiger partial charge in [0.2, 0.25) is 5.91 Å². The van der Waals surface area contributed by atoms with Gasteiger partial charge in [0.1, 0.15) is 11.5 Å². The van der Waals surface area contributed by atoms with E-state index in [9.17, 15) is 9.59 Å². The molecule has 35 heavy (non-hydrogen) atoms. The molecule has 1 fully saturated rings. The van der Waals surface area contributed by atoms with Gasteiger partial charge in [-0.05, 0) is 31.0 Å². The van der Waals surface area contributed by atoms with E-state index in [1.165, 1.54) is 18.9 Å². The molecule has 0 radical (unpaired) electrons. The number of esters is 1. The minimum Gasteiger partial charge on any atom is -0.497 e. The number of amides is 1. The molecule has 10 heteroatoms. The van der Waals surface area contributed by atoms with E-state index in [1.54, 1.807) is 20.3 Å². The first-order chi connectivity index (χ1) is 16.9. The number of ether oxygens (including phenoxy) is 3. The van der Waals surface area contributed by atoms with Crippen molar-refractivity contribution >= 4 is 28.8 Å². The van der Waals surface area contributed by atoms with Crippen LogP contribution in [0.2, 0.25) is 0 Å². The molecule has 0 aliphatic carbocycles. The molecule has 0 N–H and O–H groups in total. The molecule has 1 aromatic rings. The van der Waals surface area contributed by atoms with Gasteiger partial charge in [0.05, 0.1) is 45.1 Å². The Morgan fingerprint density at radius 1 is 1.11 bits per heavy atom. The van der Waals surface area contributed by atoms with E-state index in [2.05, 4.69) is 11.9 Å². The minimum atomic E-state index is -0.549. The Labute approximate surface area is 210 Å². The van der Waals surface area contributed by atoms with Crippen molar-refractivity contribution in [3.05, 3.63) is 46.1 Å². The number of rotatable bonds is 7. The molecule has 0 aromatic heterocycles. The van der Waals surface area contributed by atoms with Crippen molar-refractivity contribution in [2.75, 3.05) is 54.6 Å². The molecule has 3 heterocycles. The summed E-state index contributed by atoms with van der Waals surface area (Å²) in [5, 5.41) is 2.70. The second-order valence-electron chi connectivity index (χ2n) is 8.57. The van der Waals surface area contributed by atoms with Crippen LogP contribution in [0.3, 0.4) is 0 Å². The smallest absolute Gasteiger partial charge is 0.338 e. The fourth-order valence-electron chi connectivity index (χ4n) is 4.57. The number of aliphatic imine (C=N–C) groups is 1. The number of carbonyl (C=O) groups excluding carboxylic acids is 2. The molecular weight excluding hydrogens is 468 g/mol. The van der Waals surface area contributed by atoms with E-state index < -0.39 is 12.0 Å². The van der Waals surface area contributed by atoms with E-state index in [-0.39, 0.29) is 12.3 Å². The van der Waals surface area contributed by atoms with Crippen LogP contribution >= 0.6 is 11.8 Å². The van der Waals surface area contributed by atoms with Crippen LogP contribution in [0.5, 0.6) is 11.5 Å². The van der Waals surface area contributed by atoms with Crippen LogP contribution in [0.15, 0.2) is 45.6 Å². The average Bonchev–Trinajstić information content (AvgIpc) is 3.29. The maximum absolute atomic E-state index is 13.2. The molecule has 4 rings (SSSR count). The maximum Gasteiger partial charge on any atom is 0.338 e. The second-order valence-corrected chi connectivity index (χ2v) is 9.40. The molecule has 1 atom stereocenters. The summed E-state index contributed by atoms with van der Waals surface area (Å²) in [5.74, 6) is 0.839. The van der Waals surface area contributed by atoms with Gasteiger partial charge in [-0.15, -0.1) is 0 Å². The van der Waals surface area contributed by atoms with Gasteiger partial charge >= 0.3 is 5.97 Å². The lowest BCUT2D eigenvalue weighted by molar-refractivity contribution is -0.136. The summed E-state index contributed by atoms with van der Waals surface area (Å²) in [7, 11) is 6.62. The highest BCUT2D eigenvalue weighted by molar-refractivity contribution is 8.16. The summed E-state index contributed by atoms with van der Waals surface area (Å²) in [6.45, 7) is 5.10. The van der Waals surface area contributed by atoms with E-state index >= 15 is 0 Å². The number of likely N-dealkylation sites (N-methyl/N-ethyl adjacent to an activating group) is 1. The third-order valence-corrected chi connectivity index (χ3v) is 7.44. The number of fused-ring (bicyclic) bond motifs is 1. The van der Waals surface area contributed by atoms with Crippen molar-refractivity contribution in [3.8, 4) is 11.5 Å². The van der Waals surface area contributed by atoms with Crippen LogP contribution in [0.25, 0.3) is 0 Å². The lowest BCUT2D eigenvalue weighted by atomic mass is 9.92. The summed E-state index contributed by atoms with van der Waals surface area (Å²) < 4.78 is 16.3. The molecule has 3 aliphatic rings. The largest absolute Gasteiger partial charge is 0.497 e. The van der Waals surface area contributed by atoms with Gasteiger partial charge in [-0.2, -0.15) is 0 Å². The van der Waals surface area contributed by atoms with Crippen LogP contribution in [0, 0.1) is 0 Å². The number of allylic oxidation sites excluding steroid dienone is 1. The van der Waals surface area contributed by atoms with Gasteiger partial charge in [0, 0.05) is 43.5 Å². The molecule has 188 valence electrons. The highest BCUT2D eigenvalue weighted by atomic mass is 32.2.